The van der Waals surface area contributed by atoms with Gasteiger partial charge in [0.2, 0.25) is 0 Å². The molecule has 1 aliphatic rings. The van der Waals surface area contributed by atoms with Crippen LogP contribution < -0.4 is 10.1 Å². The van der Waals surface area contributed by atoms with E-state index in [2.05, 4.69) is 67.4 Å². The molecule has 2 N–H and O–H groups in total. The van der Waals surface area contributed by atoms with E-state index in [4.69, 9.17) is 4.74 Å². The van der Waals surface area contributed by atoms with Crippen molar-refractivity contribution in [3.05, 3.63) is 113 Å². The maximum atomic E-state index is 12.1. The normalized spacial score (nSPS) is 19.2. The first kappa shape index (κ1) is 25.5. The largest absolute Gasteiger partial charge is 0.489 e. The number of carbonyl (C=O) groups is 1. The van der Waals surface area contributed by atoms with Gasteiger partial charge in [-0.2, -0.15) is 0 Å². The Morgan fingerprint density at radius 2 is 1.81 bits per heavy atom. The van der Waals surface area contributed by atoms with Crippen LogP contribution in [0.2, 0.25) is 0 Å². The molecule has 4 rings (SSSR count). The van der Waals surface area contributed by atoms with Crippen LogP contribution in [0.25, 0.3) is 10.8 Å². The monoisotopic (exact) mass is 481 g/mol. The van der Waals surface area contributed by atoms with Gasteiger partial charge in [-0.3, -0.25) is 0 Å². The van der Waals surface area contributed by atoms with E-state index < -0.39 is 5.97 Å². The Balaban J connectivity index is 1.58. The number of carboxylic acids is 1. The average molecular weight is 482 g/mol. The molecule has 186 valence electrons. The molecule has 0 spiro atoms. The van der Waals surface area contributed by atoms with Crippen molar-refractivity contribution in [3.63, 3.8) is 0 Å². The first-order valence-electron chi connectivity index (χ1n) is 12.5. The molecule has 0 fully saturated rings. The van der Waals surface area contributed by atoms with Gasteiger partial charge in [-0.15, -0.1) is 0 Å². The van der Waals surface area contributed by atoms with Crippen molar-refractivity contribution in [2.24, 2.45) is 0 Å². The number of para-hydroxylation sites is 1. The van der Waals surface area contributed by atoms with E-state index in [9.17, 15) is 9.90 Å². The summed E-state index contributed by atoms with van der Waals surface area (Å²) in [6.45, 7) is 12.8. The molecule has 0 radical (unpaired) electrons. The zero-order valence-electron chi connectivity index (χ0n) is 21.5. The fraction of sp³-hybridized carbons (Fsp3) is 0.281. The third kappa shape index (κ3) is 5.14. The van der Waals surface area contributed by atoms with E-state index in [1.54, 1.807) is 0 Å². The van der Waals surface area contributed by atoms with Crippen molar-refractivity contribution in [2.45, 2.75) is 52.2 Å². The van der Waals surface area contributed by atoms with Gasteiger partial charge in [-0.05, 0) is 73.2 Å². The second kappa shape index (κ2) is 11.0. The molecule has 1 aliphatic heterocycles. The molecule has 3 atom stereocenters. The van der Waals surface area contributed by atoms with Gasteiger partial charge in [0.25, 0.3) is 0 Å². The number of hydrogen-bond acceptors (Lipinski definition) is 3. The smallest absolute Gasteiger partial charge is 0.336 e. The van der Waals surface area contributed by atoms with Gasteiger partial charge in [0, 0.05) is 24.1 Å². The first-order chi connectivity index (χ1) is 17.3. The van der Waals surface area contributed by atoms with Crippen molar-refractivity contribution >= 4 is 16.7 Å². The topological polar surface area (TPSA) is 58.6 Å². The van der Waals surface area contributed by atoms with Crippen LogP contribution in [0.15, 0.2) is 102 Å². The molecule has 4 nitrogen and oxygen atoms in total. The number of rotatable bonds is 8. The molecule has 0 aliphatic carbocycles. The number of aliphatic carboxylic acids is 1. The highest BCUT2D eigenvalue weighted by atomic mass is 16.5. The van der Waals surface area contributed by atoms with Crippen LogP contribution in [0, 0.1) is 0 Å². The van der Waals surface area contributed by atoms with Crippen molar-refractivity contribution in [3.8, 4) is 5.75 Å². The number of fused-ring (bicyclic) bond motifs is 2. The lowest BCUT2D eigenvalue weighted by Gasteiger charge is -2.34. The number of carboxylic acid groups (broad SMARTS) is 1. The zero-order chi connectivity index (χ0) is 25.8. The molecule has 3 aromatic rings. The molecule has 0 unspecified atom stereocenters. The molecular weight excluding hydrogens is 446 g/mol. The number of allylic oxidation sites excluding steroid dienone is 3. The summed E-state index contributed by atoms with van der Waals surface area (Å²) in [5.41, 5.74) is 4.93. The van der Waals surface area contributed by atoms with Gasteiger partial charge in [-0.25, -0.2) is 4.79 Å². The molecule has 1 heterocycles. The first-order valence-corrected chi connectivity index (χ1v) is 12.5. The second-order valence-electron chi connectivity index (χ2n) is 9.57. The summed E-state index contributed by atoms with van der Waals surface area (Å²) in [5.74, 6) is -0.104. The van der Waals surface area contributed by atoms with Crippen LogP contribution in [0.1, 0.15) is 57.2 Å². The van der Waals surface area contributed by atoms with E-state index in [1.165, 1.54) is 16.3 Å². The number of hydrogen-bond donors (Lipinski definition) is 2. The van der Waals surface area contributed by atoms with Crippen LogP contribution in [0.5, 0.6) is 5.75 Å². The van der Waals surface area contributed by atoms with Crippen LogP contribution in [-0.4, -0.2) is 23.7 Å². The number of ether oxygens (including phenoxy) is 1. The van der Waals surface area contributed by atoms with Crippen LogP contribution in [0.4, 0.5) is 0 Å². The van der Waals surface area contributed by atoms with Gasteiger partial charge < -0.3 is 15.2 Å². The highest BCUT2D eigenvalue weighted by Gasteiger charge is 2.32. The predicted molar refractivity (Wildman–Crippen MR) is 147 cm³/mol. The van der Waals surface area contributed by atoms with Gasteiger partial charge in [0.1, 0.15) is 11.9 Å². The molecular formula is C32H35NO3. The van der Waals surface area contributed by atoms with E-state index >= 15 is 0 Å². The molecule has 0 aromatic heterocycles. The van der Waals surface area contributed by atoms with Crippen LogP contribution >= 0.6 is 0 Å². The second-order valence-corrected chi connectivity index (χ2v) is 9.57. The standard InChI is InChI=1S/C32H35NO3/c1-6-20(2)31(32(34)35)22(4)21(3)29-18-25(36-30-17-10-9-15-28(29)30)19-33-23(5)26-16-11-13-24-12-7-8-14-27(24)26/h6-17,23,25,29,33H,3,18-19H2,1-2,4-5H3,(H,34,35)/b20-6-,31-22+/t23-,25-,29+/m1/s1. The summed E-state index contributed by atoms with van der Waals surface area (Å²) in [7, 11) is 0. The minimum absolute atomic E-state index is 0.0198. The van der Waals surface area contributed by atoms with Crippen molar-refractivity contribution in [1.82, 2.24) is 5.32 Å². The van der Waals surface area contributed by atoms with Gasteiger partial charge >= 0.3 is 5.97 Å². The molecule has 3 aromatic carbocycles. The maximum Gasteiger partial charge on any atom is 0.336 e. The Hall–Kier alpha value is -3.63. The Bertz CT molecular complexity index is 1350. The van der Waals surface area contributed by atoms with E-state index in [-0.39, 0.29) is 18.1 Å². The molecule has 0 saturated heterocycles. The van der Waals surface area contributed by atoms with Crippen molar-refractivity contribution in [2.75, 3.05) is 6.54 Å². The minimum Gasteiger partial charge on any atom is -0.489 e. The fourth-order valence-electron chi connectivity index (χ4n) is 5.19. The lowest BCUT2D eigenvalue weighted by Crippen LogP contribution is -2.37. The highest BCUT2D eigenvalue weighted by molar-refractivity contribution is 5.93. The van der Waals surface area contributed by atoms with Gasteiger partial charge in [0.15, 0.2) is 0 Å². The Labute approximate surface area is 214 Å². The predicted octanol–water partition coefficient (Wildman–Crippen LogP) is 7.35. The summed E-state index contributed by atoms with van der Waals surface area (Å²) in [5, 5.41) is 16.1. The SMILES string of the molecule is C=C(/C(C)=C(C(=O)O)\C(C)=C/C)[C@@H]1C[C@H](CN[C@H](C)c2cccc3ccccc23)Oc2ccccc21. The quantitative estimate of drug-likeness (QED) is 0.261. The van der Waals surface area contributed by atoms with Crippen molar-refractivity contribution in [1.29, 1.82) is 0 Å². The lowest BCUT2D eigenvalue weighted by atomic mass is 9.80. The third-order valence-electron chi connectivity index (χ3n) is 7.35. The third-order valence-corrected chi connectivity index (χ3v) is 7.35. The summed E-state index contributed by atoms with van der Waals surface area (Å²) in [6, 6.07) is 23.0. The highest BCUT2D eigenvalue weighted by Crippen LogP contribution is 2.43. The van der Waals surface area contributed by atoms with E-state index in [0.717, 1.165) is 34.5 Å². The Morgan fingerprint density at radius 1 is 1.11 bits per heavy atom. The summed E-state index contributed by atoms with van der Waals surface area (Å²) in [4.78, 5) is 12.1. The number of benzene rings is 3. The van der Waals surface area contributed by atoms with E-state index in [1.807, 2.05) is 45.0 Å². The molecule has 0 saturated carbocycles. The van der Waals surface area contributed by atoms with E-state index in [0.29, 0.717) is 12.1 Å². The summed E-state index contributed by atoms with van der Waals surface area (Å²) in [6.07, 6.45) is 2.49. The molecule has 0 amide bonds. The summed E-state index contributed by atoms with van der Waals surface area (Å²) >= 11 is 0. The zero-order valence-corrected chi connectivity index (χ0v) is 21.5. The minimum atomic E-state index is -0.924. The van der Waals surface area contributed by atoms with Crippen LogP contribution in [-0.2, 0) is 4.79 Å². The molecule has 36 heavy (non-hydrogen) atoms. The number of nitrogens with one attached hydrogen (secondary N) is 1. The van der Waals surface area contributed by atoms with Crippen LogP contribution in [0.3, 0.4) is 0 Å². The lowest BCUT2D eigenvalue weighted by molar-refractivity contribution is -0.132. The molecule has 4 heteroatoms. The maximum absolute atomic E-state index is 12.1. The molecule has 0 bridgehead atoms. The van der Waals surface area contributed by atoms with Gasteiger partial charge in [-0.1, -0.05) is 73.3 Å². The van der Waals surface area contributed by atoms with Crippen molar-refractivity contribution < 1.29 is 14.6 Å². The fourth-order valence-corrected chi connectivity index (χ4v) is 5.19. The Morgan fingerprint density at radius 3 is 2.56 bits per heavy atom. The average Bonchev–Trinajstić information content (AvgIpc) is 2.90. The van der Waals surface area contributed by atoms with Gasteiger partial charge in [0.05, 0.1) is 5.57 Å². The summed E-state index contributed by atoms with van der Waals surface area (Å²) < 4.78 is 6.40. The Kier molecular flexibility index (Phi) is 7.76.